The van der Waals surface area contributed by atoms with Gasteiger partial charge in [0, 0.05) is 19.7 Å². The van der Waals surface area contributed by atoms with Crippen molar-refractivity contribution in [2.45, 2.75) is 19.2 Å². The number of nitrogens with one attached hydrogen (secondary N) is 1. The Bertz CT molecular complexity index is 668. The molecule has 2 rings (SSSR count). The van der Waals surface area contributed by atoms with Gasteiger partial charge in [0.15, 0.2) is 0 Å². The first-order valence-electron chi connectivity index (χ1n) is 7.57. The van der Waals surface area contributed by atoms with E-state index in [0.717, 1.165) is 11.1 Å². The molecule has 0 aliphatic carbocycles. The van der Waals surface area contributed by atoms with Gasteiger partial charge in [0.1, 0.15) is 24.2 Å². The fourth-order valence-electron chi connectivity index (χ4n) is 2.05. The molecule has 1 atom stereocenters. The third-order valence-corrected chi connectivity index (χ3v) is 3.37. The Kier molecular flexibility index (Phi) is 8.91. The van der Waals surface area contributed by atoms with E-state index in [-0.39, 0.29) is 30.7 Å². The van der Waals surface area contributed by atoms with Crippen LogP contribution >= 0.6 is 12.4 Å². The predicted molar refractivity (Wildman–Crippen MR) is 96.1 cm³/mol. The summed E-state index contributed by atoms with van der Waals surface area (Å²) < 4.78 is 23.4. The molecule has 2 aromatic rings. The number of hydrogen-bond donors (Lipinski definition) is 2. The molecule has 2 aromatic carbocycles. The fourth-order valence-corrected chi connectivity index (χ4v) is 2.05. The number of benzene rings is 2. The lowest BCUT2D eigenvalue weighted by Gasteiger charge is -2.11. The zero-order valence-electron chi connectivity index (χ0n) is 13.9. The maximum absolute atomic E-state index is 13.1. The number of carbonyl (C=O) groups excluding carboxylic acids is 1. The normalized spacial score (nSPS) is 11.3. The van der Waals surface area contributed by atoms with Crippen LogP contribution in [-0.2, 0) is 22.7 Å². The molecule has 0 radical (unpaired) electrons. The Morgan fingerprint density at radius 2 is 1.88 bits per heavy atom. The predicted octanol–water partition coefficient (Wildman–Crippen LogP) is 2.42. The highest BCUT2D eigenvalue weighted by atomic mass is 35.5. The van der Waals surface area contributed by atoms with Crippen LogP contribution in [0.2, 0.25) is 0 Å². The molecule has 0 fully saturated rings. The summed E-state index contributed by atoms with van der Waals surface area (Å²) in [5, 5.41) is 2.75. The van der Waals surface area contributed by atoms with E-state index in [4.69, 9.17) is 15.2 Å². The van der Waals surface area contributed by atoms with E-state index in [0.29, 0.717) is 18.9 Å². The molecule has 0 saturated carbocycles. The monoisotopic (exact) mass is 368 g/mol. The number of halogens is 2. The van der Waals surface area contributed by atoms with Gasteiger partial charge in [-0.05, 0) is 23.3 Å². The molecule has 25 heavy (non-hydrogen) atoms. The van der Waals surface area contributed by atoms with Gasteiger partial charge in [-0.25, -0.2) is 4.39 Å². The van der Waals surface area contributed by atoms with Crippen LogP contribution in [0.5, 0.6) is 5.75 Å². The quantitative estimate of drug-likeness (QED) is 0.750. The smallest absolute Gasteiger partial charge is 0.239 e. The van der Waals surface area contributed by atoms with Gasteiger partial charge in [-0.2, -0.15) is 0 Å². The number of amides is 1. The van der Waals surface area contributed by atoms with Crippen LogP contribution in [0.25, 0.3) is 0 Å². The third-order valence-electron chi connectivity index (χ3n) is 3.37. The lowest BCUT2D eigenvalue weighted by Crippen LogP contribution is -2.43. The highest BCUT2D eigenvalue weighted by Crippen LogP contribution is 2.14. The molecule has 1 unspecified atom stereocenters. The van der Waals surface area contributed by atoms with Crippen molar-refractivity contribution in [2.75, 3.05) is 13.7 Å². The number of methoxy groups -OCH3 is 1. The molecule has 1 amide bonds. The molecule has 0 bridgehead atoms. The van der Waals surface area contributed by atoms with Gasteiger partial charge in [-0.1, -0.05) is 30.3 Å². The Hall–Kier alpha value is -2.15. The molecule has 3 N–H and O–H groups in total. The average Bonchev–Trinajstić information content (AvgIpc) is 2.59. The van der Waals surface area contributed by atoms with Crippen molar-refractivity contribution >= 4 is 18.3 Å². The van der Waals surface area contributed by atoms with Crippen LogP contribution in [0, 0.1) is 5.82 Å². The van der Waals surface area contributed by atoms with E-state index in [2.05, 4.69) is 5.32 Å². The summed E-state index contributed by atoms with van der Waals surface area (Å²) >= 11 is 0. The lowest BCUT2D eigenvalue weighted by atomic mass is 10.1. The van der Waals surface area contributed by atoms with Crippen LogP contribution in [0.3, 0.4) is 0 Å². The largest absolute Gasteiger partial charge is 0.489 e. The molecular formula is C18H22ClFN2O3. The van der Waals surface area contributed by atoms with E-state index >= 15 is 0 Å². The molecule has 7 heteroatoms. The number of hydrogen-bond acceptors (Lipinski definition) is 4. The SMILES string of the molecule is COCC(N)C(=O)NCc1ccc(COc2cccc(F)c2)cc1.Cl. The second kappa shape index (κ2) is 10.7. The van der Waals surface area contributed by atoms with Crippen molar-refractivity contribution in [3.8, 4) is 5.75 Å². The van der Waals surface area contributed by atoms with Crippen LogP contribution in [0.15, 0.2) is 48.5 Å². The topological polar surface area (TPSA) is 73.6 Å². The van der Waals surface area contributed by atoms with Gasteiger partial charge < -0.3 is 20.5 Å². The van der Waals surface area contributed by atoms with Crippen molar-refractivity contribution in [3.63, 3.8) is 0 Å². The first-order valence-corrected chi connectivity index (χ1v) is 7.57. The van der Waals surface area contributed by atoms with Crippen molar-refractivity contribution in [1.82, 2.24) is 5.32 Å². The zero-order valence-corrected chi connectivity index (χ0v) is 14.7. The summed E-state index contributed by atoms with van der Waals surface area (Å²) in [5.74, 6) is -0.0981. The Morgan fingerprint density at radius 1 is 1.20 bits per heavy atom. The summed E-state index contributed by atoms with van der Waals surface area (Å²) in [5.41, 5.74) is 7.54. The number of carbonyl (C=O) groups is 1. The van der Waals surface area contributed by atoms with Crippen molar-refractivity contribution in [2.24, 2.45) is 5.73 Å². The highest BCUT2D eigenvalue weighted by molar-refractivity contribution is 5.85. The molecule has 0 aliphatic rings. The van der Waals surface area contributed by atoms with Gasteiger partial charge >= 0.3 is 0 Å². The van der Waals surface area contributed by atoms with Crippen LogP contribution in [-0.4, -0.2) is 25.7 Å². The van der Waals surface area contributed by atoms with Gasteiger partial charge in [-0.3, -0.25) is 4.79 Å². The number of rotatable bonds is 8. The summed E-state index contributed by atoms with van der Waals surface area (Å²) in [4.78, 5) is 11.7. The number of nitrogens with two attached hydrogens (primary N) is 1. The fraction of sp³-hybridized carbons (Fsp3) is 0.278. The molecule has 136 valence electrons. The standard InChI is InChI=1S/C18H21FN2O3.ClH/c1-23-12-17(20)18(22)21-10-13-5-7-14(8-6-13)11-24-16-4-2-3-15(19)9-16;/h2-9,17H,10-12,20H2,1H3,(H,21,22);1H. The first-order chi connectivity index (χ1) is 11.6. The van der Waals surface area contributed by atoms with E-state index in [1.807, 2.05) is 24.3 Å². The third kappa shape index (κ3) is 7.09. The van der Waals surface area contributed by atoms with Crippen molar-refractivity contribution in [1.29, 1.82) is 0 Å². The summed E-state index contributed by atoms with van der Waals surface area (Å²) in [6.07, 6.45) is 0. The second-order valence-electron chi connectivity index (χ2n) is 5.34. The Balaban J connectivity index is 0.00000312. The molecule has 0 aliphatic heterocycles. The molecular weight excluding hydrogens is 347 g/mol. The van der Waals surface area contributed by atoms with E-state index in [1.165, 1.54) is 19.2 Å². The van der Waals surface area contributed by atoms with E-state index in [9.17, 15) is 9.18 Å². The average molecular weight is 369 g/mol. The van der Waals surface area contributed by atoms with Gasteiger partial charge in [0.2, 0.25) is 5.91 Å². The van der Waals surface area contributed by atoms with Crippen LogP contribution in [0.4, 0.5) is 4.39 Å². The maximum atomic E-state index is 13.1. The van der Waals surface area contributed by atoms with Gasteiger partial charge in [0.05, 0.1) is 6.61 Å². The van der Waals surface area contributed by atoms with Crippen molar-refractivity contribution < 1.29 is 18.7 Å². The molecule has 0 spiro atoms. The number of ether oxygens (including phenoxy) is 2. The highest BCUT2D eigenvalue weighted by Gasteiger charge is 2.12. The lowest BCUT2D eigenvalue weighted by molar-refractivity contribution is -0.123. The van der Waals surface area contributed by atoms with E-state index < -0.39 is 6.04 Å². The molecule has 5 nitrogen and oxygen atoms in total. The molecule has 0 aromatic heterocycles. The first kappa shape index (κ1) is 20.9. The van der Waals surface area contributed by atoms with E-state index in [1.54, 1.807) is 12.1 Å². The second-order valence-corrected chi connectivity index (χ2v) is 5.34. The van der Waals surface area contributed by atoms with Crippen LogP contribution < -0.4 is 15.8 Å². The molecule has 0 heterocycles. The van der Waals surface area contributed by atoms with Gasteiger partial charge in [-0.15, -0.1) is 12.4 Å². The van der Waals surface area contributed by atoms with Crippen molar-refractivity contribution in [3.05, 3.63) is 65.5 Å². The van der Waals surface area contributed by atoms with Crippen LogP contribution in [0.1, 0.15) is 11.1 Å². The zero-order chi connectivity index (χ0) is 17.4. The van der Waals surface area contributed by atoms with Gasteiger partial charge in [0.25, 0.3) is 0 Å². The minimum Gasteiger partial charge on any atom is -0.489 e. The minimum absolute atomic E-state index is 0. The minimum atomic E-state index is -0.672. The summed E-state index contributed by atoms with van der Waals surface area (Å²) in [7, 11) is 1.50. The Morgan fingerprint density at radius 3 is 2.52 bits per heavy atom. The maximum Gasteiger partial charge on any atom is 0.239 e. The Labute approximate surface area is 152 Å². The summed E-state index contributed by atoms with van der Waals surface area (Å²) in [6.45, 7) is 0.915. The molecule has 0 saturated heterocycles. The summed E-state index contributed by atoms with van der Waals surface area (Å²) in [6, 6.07) is 12.9.